The van der Waals surface area contributed by atoms with Crippen LogP contribution in [-0.2, 0) is 17.0 Å². The van der Waals surface area contributed by atoms with Crippen molar-refractivity contribution in [2.45, 2.75) is 31.3 Å². The Balaban J connectivity index is 1.93. The molecule has 0 bridgehead atoms. The number of carbonyl (C=O) groups is 1. The van der Waals surface area contributed by atoms with Crippen molar-refractivity contribution in [2.75, 3.05) is 6.61 Å². The van der Waals surface area contributed by atoms with E-state index in [4.69, 9.17) is 9.15 Å². The van der Waals surface area contributed by atoms with Crippen LogP contribution in [0.1, 0.15) is 30.0 Å². The van der Waals surface area contributed by atoms with Gasteiger partial charge < -0.3 is 9.15 Å². The molecule has 0 aliphatic rings. The van der Waals surface area contributed by atoms with Crippen LogP contribution in [0, 0.1) is 0 Å². The molecule has 1 aromatic carbocycles. The van der Waals surface area contributed by atoms with E-state index in [1.165, 1.54) is 18.0 Å². The average Bonchev–Trinajstić information content (AvgIpc) is 3.09. The van der Waals surface area contributed by atoms with E-state index in [0.29, 0.717) is 46.3 Å². The molecule has 0 saturated heterocycles. The molecule has 0 fully saturated rings. The van der Waals surface area contributed by atoms with E-state index in [1.807, 2.05) is 19.1 Å². The van der Waals surface area contributed by atoms with Crippen molar-refractivity contribution in [3.05, 3.63) is 56.7 Å². The Morgan fingerprint density at radius 1 is 1.35 bits per heavy atom. The van der Waals surface area contributed by atoms with Gasteiger partial charge in [-0.1, -0.05) is 27.7 Å². The molecule has 0 spiro atoms. The molecule has 0 radical (unpaired) electrons. The first-order valence-electron chi connectivity index (χ1n) is 8.11. The van der Waals surface area contributed by atoms with Crippen molar-refractivity contribution in [1.82, 2.24) is 9.55 Å². The molecule has 8 heteroatoms. The smallest absolute Gasteiger partial charge is 0.341 e. The fourth-order valence-corrected chi connectivity index (χ4v) is 3.91. The average molecular weight is 437 g/mol. The minimum absolute atomic E-state index is 0.0913. The number of nitrogens with zero attached hydrogens (tertiary/aromatic N) is 2. The van der Waals surface area contributed by atoms with Crippen LogP contribution in [0.4, 0.5) is 0 Å². The van der Waals surface area contributed by atoms with Crippen LogP contribution in [0.15, 0.2) is 49.4 Å². The predicted molar refractivity (Wildman–Crippen MR) is 104 cm³/mol. The number of carbonyl (C=O) groups excluding carboxylic acids is 1. The lowest BCUT2D eigenvalue weighted by Gasteiger charge is -2.11. The van der Waals surface area contributed by atoms with Crippen molar-refractivity contribution < 1.29 is 13.9 Å². The zero-order chi connectivity index (χ0) is 18.7. The molecule has 2 aromatic heterocycles. The summed E-state index contributed by atoms with van der Waals surface area (Å²) in [6.07, 6.45) is 1.46. The zero-order valence-corrected chi connectivity index (χ0v) is 16.7. The highest BCUT2D eigenvalue weighted by Gasteiger charge is 2.18. The highest BCUT2D eigenvalue weighted by atomic mass is 79.9. The van der Waals surface area contributed by atoms with Gasteiger partial charge in [-0.2, -0.15) is 0 Å². The molecule has 6 nitrogen and oxygen atoms in total. The maximum atomic E-state index is 12.7. The number of benzene rings is 1. The number of halogens is 1. The summed E-state index contributed by atoms with van der Waals surface area (Å²) in [6.45, 7) is 4.45. The standard InChI is InChI=1S/C18H17BrN2O4S/c1-3-21-16(22)13-9-11(19)5-6-14(13)20-18(21)26-10-15-12(7-8-25-15)17(23)24-4-2/h5-9H,3-4,10H2,1-2H3. The SMILES string of the molecule is CCOC(=O)c1ccoc1CSc1nc2ccc(Br)cc2c(=O)n1CC. The fraction of sp³-hybridized carbons (Fsp3) is 0.278. The van der Waals surface area contributed by atoms with E-state index in [9.17, 15) is 9.59 Å². The summed E-state index contributed by atoms with van der Waals surface area (Å²) in [6, 6.07) is 7.02. The summed E-state index contributed by atoms with van der Waals surface area (Å²) < 4.78 is 12.9. The lowest BCUT2D eigenvalue weighted by molar-refractivity contribution is 0.0524. The van der Waals surface area contributed by atoms with Gasteiger partial charge >= 0.3 is 5.97 Å². The van der Waals surface area contributed by atoms with Gasteiger partial charge in [0.05, 0.1) is 29.5 Å². The monoisotopic (exact) mass is 436 g/mol. The number of rotatable bonds is 6. The topological polar surface area (TPSA) is 74.3 Å². The lowest BCUT2D eigenvalue weighted by atomic mass is 10.2. The molecule has 0 aliphatic heterocycles. The van der Waals surface area contributed by atoms with E-state index in [-0.39, 0.29) is 5.56 Å². The number of hydrogen-bond donors (Lipinski definition) is 0. The molecule has 0 atom stereocenters. The van der Waals surface area contributed by atoms with Crippen LogP contribution in [0.2, 0.25) is 0 Å². The fourth-order valence-electron chi connectivity index (χ4n) is 2.53. The lowest BCUT2D eigenvalue weighted by Crippen LogP contribution is -2.22. The van der Waals surface area contributed by atoms with E-state index in [0.717, 1.165) is 4.47 Å². The van der Waals surface area contributed by atoms with Crippen LogP contribution in [-0.4, -0.2) is 22.1 Å². The molecular formula is C18H17BrN2O4S. The second-order valence-corrected chi connectivity index (χ2v) is 7.23. The number of ether oxygens (including phenoxy) is 1. The van der Waals surface area contributed by atoms with Gasteiger partial charge in [-0.05, 0) is 38.1 Å². The van der Waals surface area contributed by atoms with Crippen LogP contribution in [0.25, 0.3) is 10.9 Å². The maximum Gasteiger partial charge on any atom is 0.341 e. The highest BCUT2D eigenvalue weighted by molar-refractivity contribution is 9.10. The minimum atomic E-state index is -0.416. The third kappa shape index (κ3) is 3.71. The Hall–Kier alpha value is -2.06. The van der Waals surface area contributed by atoms with Gasteiger partial charge in [0.1, 0.15) is 11.3 Å². The van der Waals surface area contributed by atoms with Gasteiger partial charge in [-0.15, -0.1) is 0 Å². The second kappa shape index (κ2) is 8.09. The molecule has 0 unspecified atom stereocenters. The molecule has 0 saturated carbocycles. The van der Waals surface area contributed by atoms with Crippen molar-refractivity contribution in [2.24, 2.45) is 0 Å². The van der Waals surface area contributed by atoms with Crippen LogP contribution < -0.4 is 5.56 Å². The zero-order valence-electron chi connectivity index (χ0n) is 14.3. The Morgan fingerprint density at radius 3 is 2.88 bits per heavy atom. The largest absolute Gasteiger partial charge is 0.468 e. The molecule has 0 amide bonds. The first-order chi connectivity index (χ1) is 12.5. The van der Waals surface area contributed by atoms with Gasteiger partial charge in [0.25, 0.3) is 5.56 Å². The third-order valence-corrected chi connectivity index (χ3v) is 5.24. The van der Waals surface area contributed by atoms with E-state index < -0.39 is 5.97 Å². The summed E-state index contributed by atoms with van der Waals surface area (Å²) in [5, 5.41) is 1.15. The number of hydrogen-bond acceptors (Lipinski definition) is 6. The molecule has 26 heavy (non-hydrogen) atoms. The normalized spacial score (nSPS) is 11.0. The van der Waals surface area contributed by atoms with Gasteiger partial charge in [0, 0.05) is 11.0 Å². The van der Waals surface area contributed by atoms with Crippen molar-refractivity contribution in [3.63, 3.8) is 0 Å². The summed E-state index contributed by atoms with van der Waals surface area (Å²) in [5.74, 6) is 0.456. The van der Waals surface area contributed by atoms with Crippen LogP contribution >= 0.6 is 27.7 Å². The first-order valence-corrected chi connectivity index (χ1v) is 9.89. The van der Waals surface area contributed by atoms with Crippen LogP contribution in [0.5, 0.6) is 0 Å². The number of esters is 1. The predicted octanol–water partition coefficient (Wildman–Crippen LogP) is 4.24. The Morgan fingerprint density at radius 2 is 2.15 bits per heavy atom. The van der Waals surface area contributed by atoms with Crippen LogP contribution in [0.3, 0.4) is 0 Å². The summed E-state index contributed by atoms with van der Waals surface area (Å²) in [7, 11) is 0. The maximum absolute atomic E-state index is 12.7. The third-order valence-electron chi connectivity index (χ3n) is 3.77. The first kappa shape index (κ1) is 18.7. The summed E-state index contributed by atoms with van der Waals surface area (Å²) in [4.78, 5) is 29.3. The Bertz CT molecular complexity index is 1010. The minimum Gasteiger partial charge on any atom is -0.468 e. The molecule has 2 heterocycles. The molecule has 3 aromatic rings. The molecule has 0 aliphatic carbocycles. The molecular weight excluding hydrogens is 420 g/mol. The molecule has 136 valence electrons. The van der Waals surface area contributed by atoms with E-state index >= 15 is 0 Å². The van der Waals surface area contributed by atoms with Gasteiger partial charge in [-0.3, -0.25) is 9.36 Å². The second-order valence-electron chi connectivity index (χ2n) is 5.37. The van der Waals surface area contributed by atoms with E-state index in [1.54, 1.807) is 23.6 Å². The van der Waals surface area contributed by atoms with Gasteiger partial charge in [0.15, 0.2) is 5.16 Å². The number of fused-ring (bicyclic) bond motifs is 1. The molecule has 3 rings (SSSR count). The number of aromatic nitrogens is 2. The summed E-state index contributed by atoms with van der Waals surface area (Å²) >= 11 is 4.74. The van der Waals surface area contributed by atoms with Gasteiger partial charge in [-0.25, -0.2) is 9.78 Å². The number of furan rings is 1. The van der Waals surface area contributed by atoms with Crippen molar-refractivity contribution >= 4 is 44.6 Å². The Kier molecular flexibility index (Phi) is 5.83. The molecule has 0 N–H and O–H groups in total. The quantitative estimate of drug-likeness (QED) is 0.326. The highest BCUT2D eigenvalue weighted by Crippen LogP contribution is 2.25. The Labute approximate surface area is 162 Å². The van der Waals surface area contributed by atoms with Crippen molar-refractivity contribution in [1.29, 1.82) is 0 Å². The summed E-state index contributed by atoms with van der Waals surface area (Å²) in [5.41, 5.74) is 0.941. The van der Waals surface area contributed by atoms with Crippen molar-refractivity contribution in [3.8, 4) is 0 Å². The van der Waals surface area contributed by atoms with Gasteiger partial charge in [0.2, 0.25) is 0 Å². The number of thioether (sulfide) groups is 1. The van der Waals surface area contributed by atoms with E-state index in [2.05, 4.69) is 20.9 Å².